The van der Waals surface area contributed by atoms with Gasteiger partial charge in [-0.15, -0.1) is 0 Å². The number of piperazine rings is 1. The summed E-state index contributed by atoms with van der Waals surface area (Å²) in [5, 5.41) is 4.57. The first-order chi connectivity index (χ1) is 9.72. The molecule has 1 aromatic carbocycles. The lowest BCUT2D eigenvalue weighted by Crippen LogP contribution is -2.56. The van der Waals surface area contributed by atoms with E-state index in [1.807, 2.05) is 0 Å². The van der Waals surface area contributed by atoms with Crippen molar-refractivity contribution in [1.29, 1.82) is 0 Å². The van der Waals surface area contributed by atoms with Crippen molar-refractivity contribution in [2.75, 3.05) is 13.1 Å². The molecule has 3 heteroatoms. The Labute approximate surface area is 127 Å². The third-order valence-electron chi connectivity index (χ3n) is 5.06. The number of hydrogen-bond acceptors (Lipinski definition) is 2. The van der Waals surface area contributed by atoms with Crippen molar-refractivity contribution in [3.05, 3.63) is 34.3 Å². The van der Waals surface area contributed by atoms with Crippen LogP contribution in [0.5, 0.6) is 0 Å². The number of rotatable bonds is 3. The summed E-state index contributed by atoms with van der Waals surface area (Å²) in [5.41, 5.74) is 2.98. The average molecular weight is 293 g/mol. The van der Waals surface area contributed by atoms with Crippen molar-refractivity contribution in [3.8, 4) is 0 Å². The lowest BCUT2D eigenvalue weighted by atomic mass is 9.99. The van der Waals surface area contributed by atoms with Gasteiger partial charge in [-0.2, -0.15) is 0 Å². The van der Waals surface area contributed by atoms with E-state index in [0.717, 1.165) is 11.6 Å². The third kappa shape index (κ3) is 2.61. The second-order valence-corrected chi connectivity index (χ2v) is 6.61. The van der Waals surface area contributed by atoms with Crippen LogP contribution in [0.3, 0.4) is 0 Å². The highest BCUT2D eigenvalue weighted by molar-refractivity contribution is 6.30. The quantitative estimate of drug-likeness (QED) is 0.912. The Kier molecular flexibility index (Phi) is 4.34. The summed E-state index contributed by atoms with van der Waals surface area (Å²) in [6.07, 6.45) is 4.87. The molecule has 1 aromatic rings. The van der Waals surface area contributed by atoms with Crippen molar-refractivity contribution in [1.82, 2.24) is 10.2 Å². The molecule has 3 atom stereocenters. The third-order valence-corrected chi connectivity index (χ3v) is 5.29. The molecule has 1 aliphatic carbocycles. The topological polar surface area (TPSA) is 15.3 Å². The van der Waals surface area contributed by atoms with Gasteiger partial charge >= 0.3 is 0 Å². The Morgan fingerprint density at radius 1 is 1.30 bits per heavy atom. The smallest absolute Gasteiger partial charge is 0.0408 e. The molecule has 20 heavy (non-hydrogen) atoms. The average Bonchev–Trinajstić information content (AvgIpc) is 2.89. The number of benzene rings is 1. The number of nitrogens with one attached hydrogen (secondary N) is 1. The fourth-order valence-electron chi connectivity index (χ4n) is 3.83. The number of halogens is 1. The van der Waals surface area contributed by atoms with Crippen LogP contribution in [0.15, 0.2) is 18.2 Å². The molecule has 0 spiro atoms. The van der Waals surface area contributed by atoms with E-state index >= 15 is 0 Å². The molecular weight excluding hydrogens is 268 g/mol. The summed E-state index contributed by atoms with van der Waals surface area (Å²) >= 11 is 6.13. The minimum atomic E-state index is 0.600. The lowest BCUT2D eigenvalue weighted by molar-refractivity contribution is 0.0774. The van der Waals surface area contributed by atoms with Crippen LogP contribution in [0.2, 0.25) is 5.02 Å². The van der Waals surface area contributed by atoms with Crippen molar-refractivity contribution in [3.63, 3.8) is 0 Å². The maximum atomic E-state index is 6.13. The summed E-state index contributed by atoms with van der Waals surface area (Å²) in [7, 11) is 0. The second-order valence-electron chi connectivity index (χ2n) is 6.17. The summed E-state index contributed by atoms with van der Waals surface area (Å²) in [6, 6.07) is 8.39. The van der Waals surface area contributed by atoms with Crippen LogP contribution in [0.25, 0.3) is 0 Å². The molecule has 110 valence electrons. The minimum absolute atomic E-state index is 0.600. The molecular formula is C17H25ClN2. The highest BCUT2D eigenvalue weighted by Crippen LogP contribution is 2.39. The van der Waals surface area contributed by atoms with Crippen LogP contribution in [0.4, 0.5) is 0 Å². The summed E-state index contributed by atoms with van der Waals surface area (Å²) in [4.78, 5) is 2.75. The highest BCUT2D eigenvalue weighted by Gasteiger charge is 2.35. The molecule has 0 aromatic heterocycles. The van der Waals surface area contributed by atoms with Gasteiger partial charge in [-0.1, -0.05) is 31.5 Å². The standard InChI is InChI=1S/C17H25ClN2/c1-3-14-11-20(15(4-2)10-19-14)17-8-5-12-9-13(18)6-7-16(12)17/h6-7,9,14-15,17,19H,3-5,8,10-11H2,1-2H3. The zero-order valence-electron chi connectivity index (χ0n) is 12.5. The van der Waals surface area contributed by atoms with Gasteiger partial charge in [-0.25, -0.2) is 0 Å². The predicted molar refractivity (Wildman–Crippen MR) is 85.4 cm³/mol. The molecule has 1 fully saturated rings. The Hall–Kier alpha value is -0.570. The first kappa shape index (κ1) is 14.4. The Morgan fingerprint density at radius 3 is 2.90 bits per heavy atom. The Morgan fingerprint density at radius 2 is 2.15 bits per heavy atom. The minimum Gasteiger partial charge on any atom is -0.311 e. The molecule has 0 amide bonds. The molecule has 1 aliphatic heterocycles. The second kappa shape index (κ2) is 6.05. The fraction of sp³-hybridized carbons (Fsp3) is 0.647. The maximum Gasteiger partial charge on any atom is 0.0408 e. The number of nitrogens with zero attached hydrogens (tertiary/aromatic N) is 1. The molecule has 3 rings (SSSR count). The van der Waals surface area contributed by atoms with Crippen molar-refractivity contribution in [2.45, 2.75) is 57.7 Å². The van der Waals surface area contributed by atoms with E-state index in [2.05, 4.69) is 42.3 Å². The first-order valence-electron chi connectivity index (χ1n) is 8.00. The number of aryl methyl sites for hydroxylation is 1. The van der Waals surface area contributed by atoms with E-state index in [-0.39, 0.29) is 0 Å². The van der Waals surface area contributed by atoms with Gasteiger partial charge in [0.25, 0.3) is 0 Å². The summed E-state index contributed by atoms with van der Waals surface area (Å²) in [5.74, 6) is 0. The molecule has 1 saturated heterocycles. The fourth-order valence-corrected chi connectivity index (χ4v) is 4.02. The number of fused-ring (bicyclic) bond motifs is 1. The molecule has 1 N–H and O–H groups in total. The van der Waals surface area contributed by atoms with E-state index in [9.17, 15) is 0 Å². The van der Waals surface area contributed by atoms with Crippen molar-refractivity contribution >= 4 is 11.6 Å². The van der Waals surface area contributed by atoms with E-state index in [4.69, 9.17) is 11.6 Å². The predicted octanol–water partition coefficient (Wildman–Crippen LogP) is 3.79. The molecule has 1 heterocycles. The summed E-state index contributed by atoms with van der Waals surface area (Å²) in [6.45, 7) is 6.91. The van der Waals surface area contributed by atoms with Gasteiger partial charge < -0.3 is 5.32 Å². The van der Waals surface area contributed by atoms with Crippen LogP contribution in [0.1, 0.15) is 50.3 Å². The first-order valence-corrected chi connectivity index (χ1v) is 8.38. The SMILES string of the molecule is CCC1CN(C2CCc3cc(Cl)ccc32)C(CC)CN1. The zero-order chi connectivity index (χ0) is 14.1. The van der Waals surface area contributed by atoms with Gasteiger partial charge in [0.05, 0.1) is 0 Å². The van der Waals surface area contributed by atoms with Gasteiger partial charge in [-0.3, -0.25) is 4.90 Å². The monoisotopic (exact) mass is 292 g/mol. The molecule has 3 unspecified atom stereocenters. The maximum absolute atomic E-state index is 6.13. The molecule has 2 aliphatic rings. The summed E-state index contributed by atoms with van der Waals surface area (Å²) < 4.78 is 0. The molecule has 0 saturated carbocycles. The Balaban J connectivity index is 1.85. The molecule has 0 bridgehead atoms. The molecule has 2 nitrogen and oxygen atoms in total. The van der Waals surface area contributed by atoms with Gasteiger partial charge in [0, 0.05) is 36.2 Å². The van der Waals surface area contributed by atoms with E-state index in [1.54, 1.807) is 0 Å². The van der Waals surface area contributed by atoms with Crippen LogP contribution < -0.4 is 5.32 Å². The Bertz CT molecular complexity index is 474. The van der Waals surface area contributed by atoms with Gasteiger partial charge in [0.1, 0.15) is 0 Å². The van der Waals surface area contributed by atoms with Gasteiger partial charge in [0.2, 0.25) is 0 Å². The number of hydrogen-bond donors (Lipinski definition) is 1. The van der Waals surface area contributed by atoms with Crippen LogP contribution in [0, 0.1) is 0 Å². The van der Waals surface area contributed by atoms with E-state index in [0.29, 0.717) is 18.1 Å². The van der Waals surface area contributed by atoms with Crippen molar-refractivity contribution < 1.29 is 0 Å². The van der Waals surface area contributed by atoms with E-state index in [1.165, 1.54) is 43.4 Å². The lowest BCUT2D eigenvalue weighted by Gasteiger charge is -2.43. The van der Waals surface area contributed by atoms with Crippen LogP contribution in [-0.4, -0.2) is 30.1 Å². The van der Waals surface area contributed by atoms with Crippen LogP contribution >= 0.6 is 11.6 Å². The largest absolute Gasteiger partial charge is 0.311 e. The van der Waals surface area contributed by atoms with Crippen LogP contribution in [-0.2, 0) is 6.42 Å². The van der Waals surface area contributed by atoms with Gasteiger partial charge in [0.15, 0.2) is 0 Å². The normalized spacial score (nSPS) is 30.4. The van der Waals surface area contributed by atoms with Gasteiger partial charge in [-0.05, 0) is 48.9 Å². The highest BCUT2D eigenvalue weighted by atomic mass is 35.5. The zero-order valence-corrected chi connectivity index (χ0v) is 13.3. The molecule has 0 radical (unpaired) electrons. The van der Waals surface area contributed by atoms with Crippen molar-refractivity contribution in [2.24, 2.45) is 0 Å². The van der Waals surface area contributed by atoms with E-state index < -0.39 is 0 Å².